The third-order valence-corrected chi connectivity index (χ3v) is 4.43. The van der Waals surface area contributed by atoms with Gasteiger partial charge in [0.25, 0.3) is 5.91 Å². The zero-order chi connectivity index (χ0) is 14.1. The number of pyridine rings is 1. The van der Waals surface area contributed by atoms with Gasteiger partial charge in [-0.1, -0.05) is 23.2 Å². The maximum atomic E-state index is 12.1. The van der Waals surface area contributed by atoms with Crippen molar-refractivity contribution in [2.24, 2.45) is 0 Å². The van der Waals surface area contributed by atoms with Gasteiger partial charge in [-0.05, 0) is 24.3 Å². The molecule has 3 heterocycles. The monoisotopic (exact) mass is 328 g/mol. The molecular weight excluding hydrogens is 319 g/mol. The molecule has 7 heteroatoms. The first-order valence-electron chi connectivity index (χ1n) is 5.95. The summed E-state index contributed by atoms with van der Waals surface area (Å²) in [4.78, 5) is 18.5. The molecule has 0 N–H and O–H groups in total. The van der Waals surface area contributed by atoms with E-state index in [1.165, 1.54) is 11.3 Å². The van der Waals surface area contributed by atoms with Crippen LogP contribution in [0.5, 0.6) is 5.88 Å². The van der Waals surface area contributed by atoms with Crippen molar-refractivity contribution in [2.75, 3.05) is 13.1 Å². The Morgan fingerprint density at radius 2 is 2.15 bits per heavy atom. The Balaban J connectivity index is 1.57. The van der Waals surface area contributed by atoms with Crippen molar-refractivity contribution in [3.05, 3.63) is 44.7 Å². The van der Waals surface area contributed by atoms with Crippen molar-refractivity contribution in [1.29, 1.82) is 0 Å². The Morgan fingerprint density at radius 3 is 2.80 bits per heavy atom. The second-order valence-electron chi connectivity index (χ2n) is 4.34. The van der Waals surface area contributed by atoms with Crippen LogP contribution < -0.4 is 4.74 Å². The molecule has 20 heavy (non-hydrogen) atoms. The van der Waals surface area contributed by atoms with Gasteiger partial charge in [0.05, 0.1) is 22.3 Å². The van der Waals surface area contributed by atoms with E-state index in [1.54, 1.807) is 35.4 Å². The number of aromatic nitrogens is 1. The van der Waals surface area contributed by atoms with Gasteiger partial charge in [-0.2, -0.15) is 0 Å². The maximum Gasteiger partial charge on any atom is 0.264 e. The van der Waals surface area contributed by atoms with Crippen molar-refractivity contribution in [2.45, 2.75) is 6.10 Å². The summed E-state index contributed by atoms with van der Waals surface area (Å²) in [5, 5.41) is 0.474. The minimum Gasteiger partial charge on any atom is -0.470 e. The molecule has 1 aliphatic rings. The van der Waals surface area contributed by atoms with Crippen LogP contribution in [0.25, 0.3) is 0 Å². The summed E-state index contributed by atoms with van der Waals surface area (Å²) in [7, 11) is 0. The Kier molecular flexibility index (Phi) is 3.83. The summed E-state index contributed by atoms with van der Waals surface area (Å²) in [5.74, 6) is 0.388. The normalized spacial score (nSPS) is 15.0. The van der Waals surface area contributed by atoms with Crippen LogP contribution in [0.1, 0.15) is 9.67 Å². The molecule has 1 fully saturated rings. The molecule has 1 saturated heterocycles. The molecule has 1 amide bonds. The fourth-order valence-corrected chi connectivity index (χ4v) is 3.06. The van der Waals surface area contributed by atoms with Gasteiger partial charge in [0, 0.05) is 6.20 Å². The molecule has 0 radical (unpaired) electrons. The predicted molar refractivity (Wildman–Crippen MR) is 78.9 cm³/mol. The highest BCUT2D eigenvalue weighted by Gasteiger charge is 2.34. The van der Waals surface area contributed by atoms with Gasteiger partial charge < -0.3 is 9.64 Å². The number of carbonyl (C=O) groups excluding carboxylic acids is 1. The lowest BCUT2D eigenvalue weighted by Crippen LogP contribution is -2.56. The third kappa shape index (κ3) is 2.75. The van der Waals surface area contributed by atoms with E-state index in [0.29, 0.717) is 33.2 Å². The van der Waals surface area contributed by atoms with Gasteiger partial charge in [0.1, 0.15) is 11.1 Å². The Morgan fingerprint density at radius 1 is 1.35 bits per heavy atom. The van der Waals surface area contributed by atoms with Crippen LogP contribution in [0, 0.1) is 0 Å². The zero-order valence-electron chi connectivity index (χ0n) is 10.3. The van der Waals surface area contributed by atoms with Crippen molar-refractivity contribution in [3.8, 4) is 5.88 Å². The SMILES string of the molecule is O=C(c1ccc(Cl)s1)N1CC(Oc2ncccc2Cl)C1. The molecule has 104 valence electrons. The van der Waals surface area contributed by atoms with E-state index in [-0.39, 0.29) is 12.0 Å². The second-order valence-corrected chi connectivity index (χ2v) is 6.47. The first-order chi connectivity index (χ1) is 9.63. The molecule has 0 unspecified atom stereocenters. The van der Waals surface area contributed by atoms with Crippen LogP contribution in [0.2, 0.25) is 9.36 Å². The number of nitrogens with zero attached hydrogens (tertiary/aromatic N) is 2. The fraction of sp³-hybridized carbons (Fsp3) is 0.231. The second kappa shape index (κ2) is 5.60. The first kappa shape index (κ1) is 13.7. The maximum absolute atomic E-state index is 12.1. The van der Waals surface area contributed by atoms with Gasteiger partial charge >= 0.3 is 0 Å². The highest BCUT2D eigenvalue weighted by atomic mass is 35.5. The Hall–Kier alpha value is -1.30. The molecule has 3 rings (SSSR count). The van der Waals surface area contributed by atoms with Crippen molar-refractivity contribution >= 4 is 40.4 Å². The number of hydrogen-bond donors (Lipinski definition) is 0. The smallest absolute Gasteiger partial charge is 0.264 e. The largest absolute Gasteiger partial charge is 0.470 e. The third-order valence-electron chi connectivity index (χ3n) is 2.92. The highest BCUT2D eigenvalue weighted by Crippen LogP contribution is 2.27. The molecule has 1 aliphatic heterocycles. The van der Waals surface area contributed by atoms with Crippen molar-refractivity contribution in [1.82, 2.24) is 9.88 Å². The van der Waals surface area contributed by atoms with Crippen molar-refractivity contribution < 1.29 is 9.53 Å². The van der Waals surface area contributed by atoms with Gasteiger partial charge in [0.2, 0.25) is 5.88 Å². The number of hydrogen-bond acceptors (Lipinski definition) is 4. The summed E-state index contributed by atoms with van der Waals surface area (Å²) < 4.78 is 6.26. The number of ether oxygens (including phenoxy) is 1. The Labute approximate surface area is 129 Å². The minimum absolute atomic E-state index is 0.0196. The molecule has 0 aliphatic carbocycles. The van der Waals surface area contributed by atoms with Crippen LogP contribution in [-0.4, -0.2) is 35.0 Å². The molecule has 2 aromatic rings. The molecular formula is C13H10Cl2N2O2S. The van der Waals surface area contributed by atoms with E-state index < -0.39 is 0 Å². The zero-order valence-corrected chi connectivity index (χ0v) is 12.6. The lowest BCUT2D eigenvalue weighted by molar-refractivity contribution is 0.0164. The number of carbonyl (C=O) groups is 1. The summed E-state index contributed by atoms with van der Waals surface area (Å²) in [6.45, 7) is 1.06. The molecule has 4 nitrogen and oxygen atoms in total. The van der Waals surface area contributed by atoms with Gasteiger partial charge in [-0.25, -0.2) is 4.98 Å². The van der Waals surface area contributed by atoms with Crippen LogP contribution >= 0.6 is 34.5 Å². The summed E-state index contributed by atoms with van der Waals surface area (Å²) in [6.07, 6.45) is 1.55. The molecule has 2 aromatic heterocycles. The summed E-state index contributed by atoms with van der Waals surface area (Å²) >= 11 is 13.1. The summed E-state index contributed by atoms with van der Waals surface area (Å²) in [5.41, 5.74) is 0. The molecule has 0 atom stereocenters. The molecule has 0 bridgehead atoms. The lowest BCUT2D eigenvalue weighted by atomic mass is 10.1. The minimum atomic E-state index is -0.0678. The number of likely N-dealkylation sites (tertiary alicyclic amines) is 1. The number of halogens is 2. The van der Waals surface area contributed by atoms with Gasteiger partial charge in [0.15, 0.2) is 0 Å². The summed E-state index contributed by atoms with van der Waals surface area (Å²) in [6, 6.07) is 6.92. The van der Waals surface area contributed by atoms with Gasteiger partial charge in [-0.3, -0.25) is 4.79 Å². The fourth-order valence-electron chi connectivity index (χ4n) is 1.88. The van der Waals surface area contributed by atoms with Crippen LogP contribution in [0.4, 0.5) is 0 Å². The number of amides is 1. The van der Waals surface area contributed by atoms with E-state index in [1.807, 2.05) is 0 Å². The highest BCUT2D eigenvalue weighted by molar-refractivity contribution is 7.17. The first-order valence-corrected chi connectivity index (χ1v) is 7.52. The van der Waals surface area contributed by atoms with E-state index in [0.717, 1.165) is 0 Å². The van der Waals surface area contributed by atoms with E-state index in [4.69, 9.17) is 27.9 Å². The molecule has 0 saturated carbocycles. The molecule has 0 spiro atoms. The van der Waals surface area contributed by atoms with E-state index in [9.17, 15) is 4.79 Å². The van der Waals surface area contributed by atoms with Gasteiger partial charge in [-0.15, -0.1) is 11.3 Å². The average molecular weight is 329 g/mol. The number of thiophene rings is 1. The van der Waals surface area contributed by atoms with E-state index in [2.05, 4.69) is 4.98 Å². The topological polar surface area (TPSA) is 42.4 Å². The predicted octanol–water partition coefficient (Wildman–Crippen LogP) is 3.35. The van der Waals surface area contributed by atoms with Crippen molar-refractivity contribution in [3.63, 3.8) is 0 Å². The number of rotatable bonds is 3. The van der Waals surface area contributed by atoms with Crippen LogP contribution in [0.15, 0.2) is 30.5 Å². The van der Waals surface area contributed by atoms with E-state index >= 15 is 0 Å². The quantitative estimate of drug-likeness (QED) is 0.867. The standard InChI is InChI=1S/C13H10Cl2N2O2S/c14-9-2-1-5-16-12(9)19-8-6-17(7-8)13(18)10-3-4-11(15)20-10/h1-5,8H,6-7H2. The van der Waals surface area contributed by atoms with Crippen LogP contribution in [0.3, 0.4) is 0 Å². The average Bonchev–Trinajstić information content (AvgIpc) is 2.81. The lowest BCUT2D eigenvalue weighted by Gasteiger charge is -2.38. The van der Waals surface area contributed by atoms with Crippen LogP contribution in [-0.2, 0) is 0 Å². The molecule has 0 aromatic carbocycles. The Bertz CT molecular complexity index is 641.